The summed E-state index contributed by atoms with van der Waals surface area (Å²) in [5.74, 6) is 0.425. The summed E-state index contributed by atoms with van der Waals surface area (Å²) in [6.45, 7) is 4.89. The molecule has 0 saturated carbocycles. The van der Waals surface area contributed by atoms with Gasteiger partial charge in [0.05, 0.1) is 17.0 Å². The van der Waals surface area contributed by atoms with Gasteiger partial charge in [-0.2, -0.15) is 0 Å². The third kappa shape index (κ3) is 6.16. The molecule has 1 aromatic heterocycles. The fourth-order valence-corrected chi connectivity index (χ4v) is 4.41. The highest BCUT2D eigenvalue weighted by Gasteiger charge is 2.17. The number of thioether (sulfide) groups is 1. The summed E-state index contributed by atoms with van der Waals surface area (Å²) >= 11 is 1.33. The van der Waals surface area contributed by atoms with Gasteiger partial charge in [-0.1, -0.05) is 72.8 Å². The predicted octanol–water partition coefficient (Wildman–Crippen LogP) is 5.65. The SMILES string of the molecule is CCCn1c(SCC(=O)Nc2ccccc2C(=O)Nc2ccccc2)nnc1-c1cccc(C)c1. The molecule has 0 aliphatic heterocycles. The standard InChI is InChI=1S/C27H27N5O2S/c1-3-16-32-25(20-11-9-10-19(2)17-20)30-31-27(32)35-18-24(33)29-23-15-8-7-14-22(23)26(34)28-21-12-5-4-6-13-21/h4-15,17H,3,16,18H2,1-2H3,(H,28,34)(H,29,33). The van der Waals surface area contributed by atoms with E-state index < -0.39 is 0 Å². The fraction of sp³-hybridized carbons (Fsp3) is 0.185. The first-order valence-electron chi connectivity index (χ1n) is 11.4. The molecule has 4 aromatic rings. The third-order valence-electron chi connectivity index (χ3n) is 5.25. The molecular weight excluding hydrogens is 458 g/mol. The molecule has 4 rings (SSSR count). The number of rotatable bonds is 9. The second kappa shape index (κ2) is 11.5. The van der Waals surface area contributed by atoms with Gasteiger partial charge >= 0.3 is 0 Å². The van der Waals surface area contributed by atoms with E-state index in [1.54, 1.807) is 24.3 Å². The molecule has 0 bridgehead atoms. The molecule has 0 atom stereocenters. The molecule has 0 unspecified atom stereocenters. The van der Waals surface area contributed by atoms with Gasteiger partial charge in [0.1, 0.15) is 0 Å². The summed E-state index contributed by atoms with van der Waals surface area (Å²) in [7, 11) is 0. The number of benzene rings is 3. The van der Waals surface area contributed by atoms with Gasteiger partial charge in [-0.05, 0) is 43.7 Å². The van der Waals surface area contributed by atoms with Gasteiger partial charge in [-0.15, -0.1) is 10.2 Å². The quantitative estimate of drug-likeness (QED) is 0.299. The van der Waals surface area contributed by atoms with Crippen molar-refractivity contribution in [3.05, 3.63) is 90.0 Å². The molecule has 7 nitrogen and oxygen atoms in total. The lowest BCUT2D eigenvalue weighted by atomic mass is 10.1. The van der Waals surface area contributed by atoms with Crippen LogP contribution in [0.15, 0.2) is 84.0 Å². The van der Waals surface area contributed by atoms with Gasteiger partial charge in [0.25, 0.3) is 5.91 Å². The van der Waals surface area contributed by atoms with Crippen LogP contribution < -0.4 is 10.6 Å². The minimum atomic E-state index is -0.287. The zero-order valence-electron chi connectivity index (χ0n) is 19.7. The molecule has 0 saturated heterocycles. The van der Waals surface area contributed by atoms with Crippen molar-refractivity contribution in [1.82, 2.24) is 14.8 Å². The molecule has 178 valence electrons. The van der Waals surface area contributed by atoms with Crippen LogP contribution >= 0.6 is 11.8 Å². The summed E-state index contributed by atoms with van der Waals surface area (Å²) in [6.07, 6.45) is 0.917. The third-order valence-corrected chi connectivity index (χ3v) is 6.22. The first-order valence-corrected chi connectivity index (χ1v) is 12.4. The highest BCUT2D eigenvalue weighted by Crippen LogP contribution is 2.25. The van der Waals surface area contributed by atoms with Crippen LogP contribution in [0, 0.1) is 6.92 Å². The Kier molecular flexibility index (Phi) is 7.95. The van der Waals surface area contributed by atoms with E-state index in [9.17, 15) is 9.59 Å². The number of anilines is 2. The normalized spacial score (nSPS) is 10.7. The number of hydrogen-bond donors (Lipinski definition) is 2. The van der Waals surface area contributed by atoms with E-state index >= 15 is 0 Å². The Morgan fingerprint density at radius 1 is 0.914 bits per heavy atom. The Hall–Kier alpha value is -3.91. The number of nitrogens with zero attached hydrogens (tertiary/aromatic N) is 3. The maximum absolute atomic E-state index is 12.8. The van der Waals surface area contributed by atoms with Crippen LogP contribution in [0.1, 0.15) is 29.3 Å². The zero-order chi connectivity index (χ0) is 24.6. The largest absolute Gasteiger partial charge is 0.325 e. The van der Waals surface area contributed by atoms with E-state index in [1.807, 2.05) is 60.0 Å². The van der Waals surface area contributed by atoms with E-state index in [4.69, 9.17) is 0 Å². The van der Waals surface area contributed by atoms with E-state index in [0.29, 0.717) is 22.1 Å². The topological polar surface area (TPSA) is 88.9 Å². The molecular formula is C27H27N5O2S. The monoisotopic (exact) mass is 485 g/mol. The summed E-state index contributed by atoms with van der Waals surface area (Å²) in [5, 5.41) is 15.1. The molecule has 2 N–H and O–H groups in total. The summed E-state index contributed by atoms with van der Waals surface area (Å²) in [6, 6.07) is 24.3. The molecule has 0 aliphatic rings. The Morgan fingerprint density at radius 3 is 2.46 bits per heavy atom. The molecule has 2 amide bonds. The average Bonchev–Trinajstić information content (AvgIpc) is 3.26. The first kappa shape index (κ1) is 24.2. The smallest absolute Gasteiger partial charge is 0.257 e. The maximum Gasteiger partial charge on any atom is 0.257 e. The van der Waals surface area contributed by atoms with Crippen LogP contribution in [0.2, 0.25) is 0 Å². The van der Waals surface area contributed by atoms with Crippen molar-refractivity contribution in [3.63, 3.8) is 0 Å². The van der Waals surface area contributed by atoms with Crippen LogP contribution in [0.4, 0.5) is 11.4 Å². The van der Waals surface area contributed by atoms with Crippen molar-refractivity contribution in [3.8, 4) is 11.4 Å². The minimum absolute atomic E-state index is 0.143. The minimum Gasteiger partial charge on any atom is -0.325 e. The maximum atomic E-state index is 12.8. The van der Waals surface area contributed by atoms with E-state index in [-0.39, 0.29) is 17.6 Å². The van der Waals surface area contributed by atoms with Gasteiger partial charge in [-0.25, -0.2) is 0 Å². The first-order chi connectivity index (χ1) is 17.0. The molecule has 1 heterocycles. The van der Waals surface area contributed by atoms with Gasteiger partial charge in [0.15, 0.2) is 11.0 Å². The van der Waals surface area contributed by atoms with Crippen molar-refractivity contribution in [2.75, 3.05) is 16.4 Å². The number of aryl methyl sites for hydroxylation is 1. The fourth-order valence-electron chi connectivity index (χ4n) is 3.64. The van der Waals surface area contributed by atoms with Gasteiger partial charge in [-0.3, -0.25) is 9.59 Å². The summed E-state index contributed by atoms with van der Waals surface area (Å²) < 4.78 is 2.05. The van der Waals surface area contributed by atoms with Crippen molar-refractivity contribution >= 4 is 35.0 Å². The molecule has 3 aromatic carbocycles. The summed E-state index contributed by atoms with van der Waals surface area (Å²) in [5.41, 5.74) is 3.69. The lowest BCUT2D eigenvalue weighted by Gasteiger charge is -2.12. The van der Waals surface area contributed by atoms with E-state index in [0.717, 1.165) is 29.9 Å². The number of para-hydroxylation sites is 2. The molecule has 0 fully saturated rings. The number of carbonyl (C=O) groups excluding carboxylic acids is 2. The van der Waals surface area contributed by atoms with E-state index in [1.165, 1.54) is 11.8 Å². The van der Waals surface area contributed by atoms with Crippen LogP contribution in [0.25, 0.3) is 11.4 Å². The van der Waals surface area contributed by atoms with Crippen molar-refractivity contribution in [2.45, 2.75) is 32.0 Å². The summed E-state index contributed by atoms with van der Waals surface area (Å²) in [4.78, 5) is 25.6. The predicted molar refractivity (Wildman–Crippen MR) is 141 cm³/mol. The highest BCUT2D eigenvalue weighted by atomic mass is 32.2. The number of carbonyl (C=O) groups is 2. The number of nitrogens with one attached hydrogen (secondary N) is 2. The number of hydrogen-bond acceptors (Lipinski definition) is 5. The lowest BCUT2D eigenvalue weighted by Crippen LogP contribution is -2.19. The van der Waals surface area contributed by atoms with Gasteiger partial charge < -0.3 is 15.2 Å². The lowest BCUT2D eigenvalue weighted by molar-refractivity contribution is -0.113. The molecule has 8 heteroatoms. The van der Waals surface area contributed by atoms with Crippen molar-refractivity contribution in [1.29, 1.82) is 0 Å². The van der Waals surface area contributed by atoms with Crippen LogP contribution in [-0.2, 0) is 11.3 Å². The Bertz CT molecular complexity index is 1320. The second-order valence-corrected chi connectivity index (χ2v) is 8.97. The number of aromatic nitrogens is 3. The molecule has 0 radical (unpaired) electrons. The van der Waals surface area contributed by atoms with Crippen LogP contribution in [-0.4, -0.2) is 32.3 Å². The number of amides is 2. The van der Waals surface area contributed by atoms with E-state index in [2.05, 4.69) is 33.8 Å². The Morgan fingerprint density at radius 2 is 1.69 bits per heavy atom. The van der Waals surface area contributed by atoms with Crippen molar-refractivity contribution < 1.29 is 9.59 Å². The second-order valence-electron chi connectivity index (χ2n) is 8.03. The van der Waals surface area contributed by atoms with Gasteiger partial charge in [0, 0.05) is 17.8 Å². The zero-order valence-corrected chi connectivity index (χ0v) is 20.5. The van der Waals surface area contributed by atoms with Crippen LogP contribution in [0.5, 0.6) is 0 Å². The van der Waals surface area contributed by atoms with Crippen molar-refractivity contribution in [2.24, 2.45) is 0 Å². The Labute approximate surface area is 209 Å². The molecule has 0 aliphatic carbocycles. The Balaban J connectivity index is 1.44. The van der Waals surface area contributed by atoms with Crippen LogP contribution in [0.3, 0.4) is 0 Å². The average molecular weight is 486 g/mol. The highest BCUT2D eigenvalue weighted by molar-refractivity contribution is 7.99. The van der Waals surface area contributed by atoms with Gasteiger partial charge in [0.2, 0.25) is 5.91 Å². The molecule has 0 spiro atoms. The molecule has 35 heavy (non-hydrogen) atoms.